The molecule has 0 spiro atoms. The lowest BCUT2D eigenvalue weighted by atomic mass is 10.1. The molecule has 1 aliphatic heterocycles. The van der Waals surface area contributed by atoms with E-state index in [0.717, 1.165) is 47.3 Å². The van der Waals surface area contributed by atoms with Crippen molar-refractivity contribution in [2.75, 3.05) is 22.7 Å². The van der Waals surface area contributed by atoms with Crippen LogP contribution < -0.4 is 9.62 Å². The van der Waals surface area contributed by atoms with Crippen molar-refractivity contribution in [1.82, 2.24) is 9.78 Å². The summed E-state index contributed by atoms with van der Waals surface area (Å²) in [7, 11) is -1.79. The number of nitrogens with zero attached hydrogens (tertiary/aromatic N) is 3. The first-order chi connectivity index (χ1) is 13.4. The molecule has 0 aliphatic carbocycles. The normalized spacial score (nSPS) is 14.4. The highest BCUT2D eigenvalue weighted by Crippen LogP contribution is 2.35. The van der Waals surface area contributed by atoms with Crippen LogP contribution in [0.5, 0.6) is 0 Å². The first-order valence-electron chi connectivity index (χ1n) is 9.10. The molecule has 0 radical (unpaired) electrons. The summed E-state index contributed by atoms with van der Waals surface area (Å²) in [6, 6.07) is 14.2. The first-order valence-corrected chi connectivity index (χ1v) is 11.4. The highest BCUT2D eigenvalue weighted by molar-refractivity contribution is 9.10. The van der Waals surface area contributed by atoms with Crippen LogP contribution in [-0.4, -0.2) is 31.3 Å². The van der Waals surface area contributed by atoms with Crippen LogP contribution in [0.15, 0.2) is 64.1 Å². The van der Waals surface area contributed by atoms with Gasteiger partial charge in [-0.1, -0.05) is 18.2 Å². The molecule has 8 heteroatoms. The predicted molar refractivity (Wildman–Crippen MR) is 115 cm³/mol. The van der Waals surface area contributed by atoms with Crippen LogP contribution in [0.3, 0.4) is 0 Å². The Morgan fingerprint density at radius 2 is 1.79 bits per heavy atom. The fourth-order valence-electron chi connectivity index (χ4n) is 3.51. The van der Waals surface area contributed by atoms with Crippen molar-refractivity contribution in [1.29, 1.82) is 0 Å². The second-order valence-corrected chi connectivity index (χ2v) is 9.38. The first kappa shape index (κ1) is 19.0. The third kappa shape index (κ3) is 3.79. The average molecular weight is 461 g/mol. The van der Waals surface area contributed by atoms with Crippen molar-refractivity contribution in [2.45, 2.75) is 17.7 Å². The average Bonchev–Trinajstić information content (AvgIpc) is 3.32. The number of aromatic nitrogens is 2. The third-order valence-corrected chi connectivity index (χ3v) is 6.84. The molecule has 0 atom stereocenters. The van der Waals surface area contributed by atoms with Crippen molar-refractivity contribution in [3.05, 3.63) is 59.2 Å². The third-order valence-electron chi connectivity index (χ3n) is 4.86. The maximum absolute atomic E-state index is 12.8. The van der Waals surface area contributed by atoms with Gasteiger partial charge >= 0.3 is 0 Å². The van der Waals surface area contributed by atoms with E-state index in [1.165, 1.54) is 0 Å². The van der Waals surface area contributed by atoms with E-state index in [-0.39, 0.29) is 4.90 Å². The molecule has 2 heterocycles. The van der Waals surface area contributed by atoms with Crippen LogP contribution in [-0.2, 0) is 17.1 Å². The molecule has 6 nitrogen and oxygen atoms in total. The van der Waals surface area contributed by atoms with Gasteiger partial charge in [-0.05, 0) is 59.1 Å². The van der Waals surface area contributed by atoms with Crippen LogP contribution in [0, 0.1) is 0 Å². The minimum Gasteiger partial charge on any atom is -0.371 e. The van der Waals surface area contributed by atoms with Crippen LogP contribution in [0.2, 0.25) is 0 Å². The van der Waals surface area contributed by atoms with Crippen molar-refractivity contribution in [3.63, 3.8) is 0 Å². The number of nitrogens with one attached hydrogen (secondary N) is 1. The van der Waals surface area contributed by atoms with Gasteiger partial charge in [0.15, 0.2) is 0 Å². The number of hydrogen-bond acceptors (Lipinski definition) is 4. The fraction of sp³-hybridized carbons (Fsp3) is 0.250. The van der Waals surface area contributed by atoms with Gasteiger partial charge in [-0.15, -0.1) is 0 Å². The number of hydrogen-bond donors (Lipinski definition) is 1. The van der Waals surface area contributed by atoms with E-state index in [9.17, 15) is 8.42 Å². The molecule has 1 saturated heterocycles. The largest absolute Gasteiger partial charge is 0.371 e. The number of sulfonamides is 1. The van der Waals surface area contributed by atoms with Crippen molar-refractivity contribution >= 4 is 37.3 Å². The van der Waals surface area contributed by atoms with Crippen molar-refractivity contribution in [3.8, 4) is 11.3 Å². The van der Waals surface area contributed by atoms with Gasteiger partial charge in [0.25, 0.3) is 10.0 Å². The fourth-order valence-corrected chi connectivity index (χ4v) is 5.15. The van der Waals surface area contributed by atoms with Gasteiger partial charge in [0.05, 0.1) is 26.9 Å². The highest BCUT2D eigenvalue weighted by Gasteiger charge is 2.19. The summed E-state index contributed by atoms with van der Waals surface area (Å²) in [4.78, 5) is 2.53. The molecular weight excluding hydrogens is 440 g/mol. The maximum atomic E-state index is 12.8. The number of aryl methyl sites for hydroxylation is 1. The van der Waals surface area contributed by atoms with E-state index in [4.69, 9.17) is 0 Å². The molecule has 2 aromatic carbocycles. The highest BCUT2D eigenvalue weighted by atomic mass is 79.9. The summed E-state index contributed by atoms with van der Waals surface area (Å²) in [6.45, 7) is 1.95. The Hall–Kier alpha value is -2.32. The van der Waals surface area contributed by atoms with E-state index in [2.05, 4.69) is 36.7 Å². The SMILES string of the molecule is Cn1ncc(Br)c1-c1cc(NS(=O)(=O)c2ccccc2)cc(N2CCCC2)c1. The summed E-state index contributed by atoms with van der Waals surface area (Å²) in [5.74, 6) is 0. The number of benzene rings is 2. The van der Waals surface area contributed by atoms with Crippen LogP contribution in [0.4, 0.5) is 11.4 Å². The smallest absolute Gasteiger partial charge is 0.261 e. The molecule has 0 unspecified atom stereocenters. The van der Waals surface area contributed by atoms with Crippen LogP contribution in [0.1, 0.15) is 12.8 Å². The Balaban J connectivity index is 1.78. The van der Waals surface area contributed by atoms with E-state index < -0.39 is 10.0 Å². The zero-order valence-electron chi connectivity index (χ0n) is 15.5. The van der Waals surface area contributed by atoms with Gasteiger partial charge in [-0.2, -0.15) is 5.10 Å². The van der Waals surface area contributed by atoms with Gasteiger partial charge in [-0.25, -0.2) is 8.42 Å². The van der Waals surface area contributed by atoms with E-state index >= 15 is 0 Å². The van der Waals surface area contributed by atoms with E-state index in [0.29, 0.717) is 5.69 Å². The monoisotopic (exact) mass is 460 g/mol. The number of halogens is 1. The Kier molecular flexibility index (Phi) is 5.16. The Labute approximate surface area is 173 Å². The van der Waals surface area contributed by atoms with Crippen molar-refractivity contribution < 1.29 is 8.42 Å². The predicted octanol–water partition coefficient (Wildman–Crippen LogP) is 4.25. The van der Waals surface area contributed by atoms with E-state index in [1.54, 1.807) is 41.2 Å². The molecule has 0 amide bonds. The van der Waals surface area contributed by atoms with E-state index in [1.807, 2.05) is 19.2 Å². The molecule has 1 aromatic heterocycles. The van der Waals surface area contributed by atoms with Gasteiger partial charge in [0.1, 0.15) is 0 Å². The molecule has 0 saturated carbocycles. The molecule has 3 aromatic rings. The maximum Gasteiger partial charge on any atom is 0.261 e. The topological polar surface area (TPSA) is 67.2 Å². The summed E-state index contributed by atoms with van der Waals surface area (Å²) < 4.78 is 31.0. The molecule has 146 valence electrons. The number of rotatable bonds is 5. The second kappa shape index (κ2) is 7.60. The lowest BCUT2D eigenvalue weighted by molar-refractivity contribution is 0.601. The minimum atomic E-state index is -3.66. The quantitative estimate of drug-likeness (QED) is 0.617. The van der Waals surface area contributed by atoms with Crippen LogP contribution in [0.25, 0.3) is 11.3 Å². The van der Waals surface area contributed by atoms with Gasteiger partial charge in [0.2, 0.25) is 0 Å². The minimum absolute atomic E-state index is 0.241. The molecule has 1 N–H and O–H groups in total. The molecule has 1 aliphatic rings. The zero-order chi connectivity index (χ0) is 19.7. The molecule has 28 heavy (non-hydrogen) atoms. The summed E-state index contributed by atoms with van der Waals surface area (Å²) in [5, 5.41) is 4.29. The molecule has 1 fully saturated rings. The van der Waals surface area contributed by atoms with Gasteiger partial charge in [0, 0.05) is 31.4 Å². The lowest BCUT2D eigenvalue weighted by Crippen LogP contribution is -2.18. The Morgan fingerprint density at radius 3 is 2.43 bits per heavy atom. The van der Waals surface area contributed by atoms with Crippen molar-refractivity contribution in [2.24, 2.45) is 7.05 Å². The summed E-state index contributed by atoms with van der Waals surface area (Å²) in [5.41, 5.74) is 3.36. The zero-order valence-corrected chi connectivity index (χ0v) is 17.9. The standard InChI is InChI=1S/C20H21BrN4O2S/c1-24-20(19(21)14-22-24)15-11-16(13-17(12-15)25-9-5-6-10-25)23-28(26,27)18-7-3-2-4-8-18/h2-4,7-8,11-14,23H,5-6,9-10H2,1H3. The Bertz CT molecular complexity index is 1070. The molecule has 4 rings (SSSR count). The summed E-state index contributed by atoms with van der Waals surface area (Å²) >= 11 is 3.55. The van der Waals surface area contributed by atoms with Crippen LogP contribution >= 0.6 is 15.9 Å². The van der Waals surface area contributed by atoms with Gasteiger partial charge in [-0.3, -0.25) is 9.40 Å². The molecule has 0 bridgehead atoms. The van der Waals surface area contributed by atoms with Gasteiger partial charge < -0.3 is 4.90 Å². The Morgan fingerprint density at radius 1 is 1.07 bits per heavy atom. The number of anilines is 2. The summed E-state index contributed by atoms with van der Waals surface area (Å²) in [6.07, 6.45) is 4.03. The lowest BCUT2D eigenvalue weighted by Gasteiger charge is -2.20. The molecular formula is C20H21BrN4O2S. The second-order valence-electron chi connectivity index (χ2n) is 6.85.